The maximum atomic E-state index is 12.3. The van der Waals surface area contributed by atoms with Gasteiger partial charge < -0.3 is 33.7 Å². The van der Waals surface area contributed by atoms with Crippen molar-refractivity contribution in [2.24, 2.45) is 10.8 Å². The number of nitrogen functional groups attached to an aromatic ring is 1. The van der Waals surface area contributed by atoms with E-state index in [4.69, 9.17) is 29.2 Å². The number of nitrogens with zero attached hydrogens (tertiary/aromatic N) is 6. The number of azide groups is 1. The summed E-state index contributed by atoms with van der Waals surface area (Å²) in [5, 5.41) is 4.47. The Labute approximate surface area is 230 Å². The molecule has 0 spiro atoms. The highest BCUT2D eigenvalue weighted by atomic mass is 28.5. The molecule has 2 aliphatic rings. The first kappa shape index (κ1) is 29.5. The van der Waals surface area contributed by atoms with Crippen molar-refractivity contribution in [1.82, 2.24) is 14.5 Å². The molecule has 2 aromatic heterocycles. The Morgan fingerprint density at radius 1 is 1.10 bits per heavy atom. The number of rotatable bonds is 7. The minimum atomic E-state index is -3.00. The molecule has 39 heavy (non-hydrogen) atoms. The maximum Gasteiger partial charge on any atom is 0.335 e. The van der Waals surface area contributed by atoms with Crippen LogP contribution in [0.3, 0.4) is 0 Å². The third-order valence-electron chi connectivity index (χ3n) is 8.00. The van der Waals surface area contributed by atoms with Crippen molar-refractivity contribution < 1.29 is 22.5 Å². The summed E-state index contributed by atoms with van der Waals surface area (Å²) in [6.07, 6.45) is 0.755. The van der Waals surface area contributed by atoms with Crippen molar-refractivity contribution in [3.8, 4) is 0 Å². The molecule has 4 heterocycles. The molecule has 0 radical (unpaired) electrons. The van der Waals surface area contributed by atoms with Gasteiger partial charge in [0.1, 0.15) is 36.2 Å². The number of nitrogens with two attached hydrogens (primary N) is 2. The van der Waals surface area contributed by atoms with Gasteiger partial charge in [0.25, 0.3) is 5.91 Å². The molecule has 4 N–H and O–H groups in total. The molecule has 4 rings (SSSR count). The largest absolute Gasteiger partial charge is 0.414 e. The molecule has 2 aromatic rings. The summed E-state index contributed by atoms with van der Waals surface area (Å²) in [6.45, 7) is 17.3. The van der Waals surface area contributed by atoms with E-state index in [9.17, 15) is 10.3 Å². The lowest BCUT2D eigenvalue weighted by atomic mass is 10.1. The molecule has 0 bridgehead atoms. The van der Waals surface area contributed by atoms with Gasteiger partial charge in [0.15, 0.2) is 0 Å². The molecule has 0 unspecified atom stereocenters. The van der Waals surface area contributed by atoms with E-state index in [-0.39, 0.29) is 40.2 Å². The highest BCUT2D eigenvalue weighted by Crippen LogP contribution is 2.49. The average molecular weight is 577 g/mol. The van der Waals surface area contributed by atoms with E-state index in [2.05, 4.69) is 75.4 Å². The first-order valence-electron chi connectivity index (χ1n) is 13.4. The van der Waals surface area contributed by atoms with Crippen molar-refractivity contribution in [2.75, 3.05) is 12.3 Å². The van der Waals surface area contributed by atoms with Crippen LogP contribution in [0.15, 0.2) is 17.6 Å². The van der Waals surface area contributed by atoms with Crippen molar-refractivity contribution in [3.63, 3.8) is 0 Å². The fourth-order valence-corrected chi connectivity index (χ4v) is 17.3. The lowest BCUT2D eigenvalue weighted by Crippen LogP contribution is -2.65. The molecule has 2 fully saturated rings. The van der Waals surface area contributed by atoms with Gasteiger partial charge in [-0.2, -0.15) is 0 Å². The zero-order valence-corrected chi connectivity index (χ0v) is 25.9. The SMILES string of the molecule is CC(C)[Si]1(C(C)C)OC[C@H]2O[C@@H](n3cc(C(N)=O)c4c(N)ncnc43)[C@H](N=[N+]=[N-])[C@@H]2O[Si](C(C)C)(C(C)C)O1. The molecule has 0 aliphatic carbocycles. The normalized spacial score (nSPS) is 26.6. The van der Waals surface area contributed by atoms with E-state index in [0.717, 1.165) is 0 Å². The van der Waals surface area contributed by atoms with E-state index in [1.165, 1.54) is 12.5 Å². The van der Waals surface area contributed by atoms with Crippen LogP contribution in [0.25, 0.3) is 21.5 Å². The van der Waals surface area contributed by atoms with Gasteiger partial charge in [-0.1, -0.05) is 60.5 Å². The number of carbonyl (C=O) groups is 1. The monoisotopic (exact) mass is 576 g/mol. The fourth-order valence-electron chi connectivity index (χ4n) is 6.04. The van der Waals surface area contributed by atoms with Crippen LogP contribution in [0.5, 0.6) is 0 Å². The van der Waals surface area contributed by atoms with Gasteiger partial charge >= 0.3 is 17.1 Å². The van der Waals surface area contributed by atoms with Crippen LogP contribution in [-0.2, 0) is 17.7 Å². The van der Waals surface area contributed by atoms with Crippen molar-refractivity contribution in [3.05, 3.63) is 28.5 Å². The summed E-state index contributed by atoms with van der Waals surface area (Å²) in [6, 6.07) is -0.809. The van der Waals surface area contributed by atoms with Gasteiger partial charge in [0, 0.05) is 11.1 Å². The van der Waals surface area contributed by atoms with Gasteiger partial charge in [-0.25, -0.2) is 9.97 Å². The minimum Gasteiger partial charge on any atom is -0.414 e. The predicted octanol–water partition coefficient (Wildman–Crippen LogP) is 4.65. The Morgan fingerprint density at radius 3 is 2.26 bits per heavy atom. The average Bonchev–Trinajstić information content (AvgIpc) is 3.38. The number of hydrogen-bond donors (Lipinski definition) is 2. The Morgan fingerprint density at radius 2 is 1.72 bits per heavy atom. The van der Waals surface area contributed by atoms with Crippen LogP contribution in [-0.4, -0.2) is 62.4 Å². The highest BCUT2D eigenvalue weighted by Gasteiger charge is 2.61. The van der Waals surface area contributed by atoms with E-state index in [1.807, 2.05) is 0 Å². The Balaban J connectivity index is 1.89. The highest BCUT2D eigenvalue weighted by molar-refractivity contribution is 6.84. The van der Waals surface area contributed by atoms with Crippen LogP contribution >= 0.6 is 0 Å². The maximum absolute atomic E-state index is 12.3. The van der Waals surface area contributed by atoms with Gasteiger partial charge in [-0.3, -0.25) is 4.79 Å². The topological polar surface area (TPSA) is 185 Å². The minimum absolute atomic E-state index is 0.0800. The number of anilines is 1. The fraction of sp³-hybridized carbons (Fsp3) is 0.708. The number of aromatic nitrogens is 3. The van der Waals surface area contributed by atoms with Crippen molar-refractivity contribution in [1.29, 1.82) is 0 Å². The number of primary amides is 1. The first-order chi connectivity index (χ1) is 18.3. The third kappa shape index (κ3) is 4.75. The molecular weight excluding hydrogens is 536 g/mol. The number of amides is 1. The summed E-state index contributed by atoms with van der Waals surface area (Å²) in [5.74, 6) is -0.575. The van der Waals surface area contributed by atoms with Crippen molar-refractivity contribution >= 4 is 39.9 Å². The van der Waals surface area contributed by atoms with Gasteiger partial charge in [-0.05, 0) is 27.7 Å². The molecule has 0 aromatic carbocycles. The van der Waals surface area contributed by atoms with Gasteiger partial charge in [-0.15, -0.1) is 0 Å². The molecule has 15 heteroatoms. The molecule has 2 saturated heterocycles. The lowest BCUT2D eigenvalue weighted by Gasteiger charge is -2.51. The van der Waals surface area contributed by atoms with E-state index < -0.39 is 47.5 Å². The standard InChI is InChI=1S/C24H40N8O5Si2/c1-12(2)38(13(3)4)34-10-17-20(36-39(37-38,14(5)6)15(7)8)19(30-31-27)24(35-17)32-9-16(22(26)33)18-21(25)28-11-29-23(18)32/h9,11-15,17,19-20,24H,10H2,1-8H3,(H2,26,33)(H2,25,28,29)/t17-,19-,20-,24-/m1/s1. The number of hydrogen-bond acceptors (Lipinski definition) is 9. The van der Waals surface area contributed by atoms with E-state index in [1.54, 1.807) is 4.57 Å². The number of fused-ring (bicyclic) bond motifs is 2. The molecular formula is C24H40N8O5Si2. The summed E-state index contributed by atoms with van der Waals surface area (Å²) in [7, 11) is -5.80. The van der Waals surface area contributed by atoms with Crippen LogP contribution in [0.2, 0.25) is 22.2 Å². The van der Waals surface area contributed by atoms with Crippen LogP contribution in [0, 0.1) is 0 Å². The third-order valence-corrected chi connectivity index (χ3v) is 18.3. The number of ether oxygens (including phenoxy) is 1. The van der Waals surface area contributed by atoms with Crippen LogP contribution in [0.1, 0.15) is 72.0 Å². The zero-order chi connectivity index (χ0) is 28.9. The summed E-state index contributed by atoms with van der Waals surface area (Å²) in [4.78, 5) is 23.8. The van der Waals surface area contributed by atoms with E-state index in [0.29, 0.717) is 11.0 Å². The van der Waals surface area contributed by atoms with Crippen LogP contribution in [0.4, 0.5) is 5.82 Å². The molecule has 2 aliphatic heterocycles. The predicted molar refractivity (Wildman–Crippen MR) is 151 cm³/mol. The number of carbonyl (C=O) groups excluding carboxylic acids is 1. The lowest BCUT2D eigenvalue weighted by molar-refractivity contribution is -0.0544. The smallest absolute Gasteiger partial charge is 0.335 e. The first-order valence-corrected chi connectivity index (χ1v) is 17.4. The Bertz CT molecular complexity index is 1260. The Kier molecular flexibility index (Phi) is 8.16. The Hall–Kier alpha value is -2.53. The summed E-state index contributed by atoms with van der Waals surface area (Å²) >= 11 is 0. The second kappa shape index (κ2) is 10.8. The van der Waals surface area contributed by atoms with Gasteiger partial charge in [0.2, 0.25) is 0 Å². The summed E-state index contributed by atoms with van der Waals surface area (Å²) in [5.41, 5.74) is 22.4. The zero-order valence-electron chi connectivity index (χ0n) is 23.9. The van der Waals surface area contributed by atoms with Gasteiger partial charge in [0.05, 0.1) is 23.7 Å². The second-order valence-electron chi connectivity index (χ2n) is 11.6. The molecule has 4 atom stereocenters. The van der Waals surface area contributed by atoms with E-state index >= 15 is 0 Å². The summed E-state index contributed by atoms with van der Waals surface area (Å²) < 4.78 is 29.4. The van der Waals surface area contributed by atoms with Crippen molar-refractivity contribution in [2.45, 2.75) is 102 Å². The molecule has 1 amide bonds. The van der Waals surface area contributed by atoms with Crippen LogP contribution < -0.4 is 11.5 Å². The second-order valence-corrected chi connectivity index (χ2v) is 20.4. The molecule has 13 nitrogen and oxygen atoms in total. The molecule has 0 saturated carbocycles. The quantitative estimate of drug-likeness (QED) is 0.206. The molecule has 214 valence electrons.